The summed E-state index contributed by atoms with van der Waals surface area (Å²) in [6.07, 6.45) is 0.803. The molecule has 0 radical (unpaired) electrons. The number of nitrogens with two attached hydrogens (primary N) is 1. The normalized spacial score (nSPS) is 10.2. The van der Waals surface area contributed by atoms with E-state index in [1.807, 2.05) is 6.92 Å². The zero-order valence-electron chi connectivity index (χ0n) is 10.8. The monoisotopic (exact) mass is 275 g/mol. The van der Waals surface area contributed by atoms with Gasteiger partial charge in [0.2, 0.25) is 5.95 Å². The van der Waals surface area contributed by atoms with Crippen LogP contribution in [0.15, 0.2) is 24.3 Å². The van der Waals surface area contributed by atoms with Crippen LogP contribution in [0, 0.1) is 10.1 Å². The number of nitro benzene ring substituents is 1. The molecule has 20 heavy (non-hydrogen) atoms. The molecule has 2 aromatic rings. The lowest BCUT2D eigenvalue weighted by Crippen LogP contribution is -2.05. The number of aromatic nitrogens is 3. The molecule has 0 saturated carbocycles. The van der Waals surface area contributed by atoms with E-state index in [-0.39, 0.29) is 23.5 Å². The van der Waals surface area contributed by atoms with Crippen LogP contribution < -0.4 is 10.5 Å². The smallest absolute Gasteiger partial charge is 0.321 e. The second-order valence-electron chi connectivity index (χ2n) is 3.96. The fraction of sp³-hybridized carbons (Fsp3) is 0.250. The molecule has 0 spiro atoms. The Bertz CT molecular complexity index is 632. The third-order valence-electron chi connectivity index (χ3n) is 2.38. The van der Waals surface area contributed by atoms with Crippen molar-refractivity contribution in [2.24, 2.45) is 0 Å². The van der Waals surface area contributed by atoms with Crippen molar-refractivity contribution in [3.05, 3.63) is 34.4 Å². The lowest BCUT2D eigenvalue weighted by molar-refractivity contribution is -0.384. The number of non-ortho nitro benzene ring substituents is 1. The predicted molar refractivity (Wildman–Crippen MR) is 72.1 cm³/mol. The third-order valence-corrected chi connectivity index (χ3v) is 2.38. The number of hydrogen-bond acceptors (Lipinski definition) is 7. The van der Waals surface area contributed by atoms with Gasteiger partial charge in [-0.2, -0.15) is 15.0 Å². The molecule has 1 aromatic carbocycles. The molecule has 8 nitrogen and oxygen atoms in total. The Kier molecular flexibility index (Phi) is 4.04. The van der Waals surface area contributed by atoms with Crippen molar-refractivity contribution in [3.63, 3.8) is 0 Å². The summed E-state index contributed by atoms with van der Waals surface area (Å²) in [5.41, 5.74) is 6.03. The summed E-state index contributed by atoms with van der Waals surface area (Å²) < 4.78 is 5.30. The molecule has 104 valence electrons. The van der Waals surface area contributed by atoms with E-state index in [9.17, 15) is 10.1 Å². The summed E-state index contributed by atoms with van der Waals surface area (Å²) in [4.78, 5) is 22.2. The molecule has 1 aromatic heterocycles. The van der Waals surface area contributed by atoms with E-state index in [2.05, 4.69) is 15.0 Å². The van der Waals surface area contributed by atoms with E-state index in [0.29, 0.717) is 12.2 Å². The van der Waals surface area contributed by atoms with E-state index in [0.717, 1.165) is 6.42 Å². The number of nitrogens with zero attached hydrogens (tertiary/aromatic N) is 4. The van der Waals surface area contributed by atoms with E-state index in [1.54, 1.807) is 12.1 Å². The average molecular weight is 275 g/mol. The first-order chi connectivity index (χ1) is 9.60. The van der Waals surface area contributed by atoms with E-state index in [1.165, 1.54) is 12.1 Å². The molecule has 0 fully saturated rings. The van der Waals surface area contributed by atoms with Crippen LogP contribution in [0.25, 0.3) is 11.4 Å². The zero-order chi connectivity index (χ0) is 14.5. The zero-order valence-corrected chi connectivity index (χ0v) is 10.8. The number of benzene rings is 1. The van der Waals surface area contributed by atoms with Crippen LogP contribution in [0.4, 0.5) is 11.6 Å². The second-order valence-corrected chi connectivity index (χ2v) is 3.96. The van der Waals surface area contributed by atoms with Gasteiger partial charge in [-0.05, 0) is 6.42 Å². The number of hydrogen-bond donors (Lipinski definition) is 1. The van der Waals surface area contributed by atoms with Crippen LogP contribution in [0.5, 0.6) is 6.01 Å². The minimum absolute atomic E-state index is 0.00705. The van der Waals surface area contributed by atoms with Gasteiger partial charge in [0.15, 0.2) is 5.82 Å². The van der Waals surface area contributed by atoms with Gasteiger partial charge in [-0.25, -0.2) is 0 Å². The third kappa shape index (κ3) is 3.16. The largest absolute Gasteiger partial charge is 0.463 e. The summed E-state index contributed by atoms with van der Waals surface area (Å²) in [6.45, 7) is 2.41. The molecule has 0 amide bonds. The quantitative estimate of drug-likeness (QED) is 0.653. The standard InChI is InChI=1S/C12H13N5O3/c1-2-6-20-12-15-10(14-11(13)16-12)8-4-3-5-9(7-8)17(18)19/h3-5,7H,2,6H2,1H3,(H2,13,14,15,16). The number of anilines is 1. The Labute approximate surface area is 114 Å². The van der Waals surface area contributed by atoms with Crippen molar-refractivity contribution in [1.29, 1.82) is 0 Å². The van der Waals surface area contributed by atoms with Crippen LogP contribution in [-0.2, 0) is 0 Å². The molecule has 2 N–H and O–H groups in total. The highest BCUT2D eigenvalue weighted by Crippen LogP contribution is 2.22. The van der Waals surface area contributed by atoms with Gasteiger partial charge in [-0.15, -0.1) is 0 Å². The van der Waals surface area contributed by atoms with Crippen molar-refractivity contribution in [2.75, 3.05) is 12.3 Å². The maximum Gasteiger partial charge on any atom is 0.321 e. The minimum atomic E-state index is -0.484. The van der Waals surface area contributed by atoms with Gasteiger partial charge in [-0.3, -0.25) is 10.1 Å². The van der Waals surface area contributed by atoms with Crippen molar-refractivity contribution in [1.82, 2.24) is 15.0 Å². The van der Waals surface area contributed by atoms with Crippen molar-refractivity contribution < 1.29 is 9.66 Å². The maximum absolute atomic E-state index is 10.8. The minimum Gasteiger partial charge on any atom is -0.463 e. The predicted octanol–water partition coefficient (Wildman–Crippen LogP) is 1.82. The van der Waals surface area contributed by atoms with Crippen LogP contribution in [0.2, 0.25) is 0 Å². The molecule has 8 heteroatoms. The Morgan fingerprint density at radius 1 is 1.35 bits per heavy atom. The van der Waals surface area contributed by atoms with E-state index >= 15 is 0 Å². The van der Waals surface area contributed by atoms with Gasteiger partial charge in [0.05, 0.1) is 11.5 Å². The first-order valence-electron chi connectivity index (χ1n) is 5.99. The van der Waals surface area contributed by atoms with Crippen molar-refractivity contribution >= 4 is 11.6 Å². The van der Waals surface area contributed by atoms with Crippen LogP contribution in [0.1, 0.15) is 13.3 Å². The molecule has 0 atom stereocenters. The molecule has 0 aliphatic heterocycles. The Morgan fingerprint density at radius 3 is 2.85 bits per heavy atom. The highest BCUT2D eigenvalue weighted by atomic mass is 16.6. The van der Waals surface area contributed by atoms with Gasteiger partial charge in [0.25, 0.3) is 5.69 Å². The lowest BCUT2D eigenvalue weighted by atomic mass is 10.2. The highest BCUT2D eigenvalue weighted by Gasteiger charge is 2.11. The maximum atomic E-state index is 10.8. The lowest BCUT2D eigenvalue weighted by Gasteiger charge is -2.05. The topological polar surface area (TPSA) is 117 Å². The van der Waals surface area contributed by atoms with Gasteiger partial charge >= 0.3 is 6.01 Å². The van der Waals surface area contributed by atoms with Crippen LogP contribution in [0.3, 0.4) is 0 Å². The number of nitro groups is 1. The second kappa shape index (κ2) is 5.91. The van der Waals surface area contributed by atoms with Gasteiger partial charge in [-0.1, -0.05) is 19.1 Å². The molecule has 0 unspecified atom stereocenters. The number of ether oxygens (including phenoxy) is 1. The van der Waals surface area contributed by atoms with Crippen LogP contribution in [-0.4, -0.2) is 26.5 Å². The SMILES string of the molecule is CCCOc1nc(N)nc(-c2cccc([N+](=O)[O-])c2)n1. The van der Waals surface area contributed by atoms with Crippen molar-refractivity contribution in [2.45, 2.75) is 13.3 Å². The molecule has 0 aliphatic rings. The molecular formula is C12H13N5O3. The van der Waals surface area contributed by atoms with Gasteiger partial charge < -0.3 is 10.5 Å². The summed E-state index contributed by atoms with van der Waals surface area (Å²) >= 11 is 0. The Balaban J connectivity index is 2.38. The van der Waals surface area contributed by atoms with Gasteiger partial charge in [0.1, 0.15) is 0 Å². The molecule has 0 aliphatic carbocycles. The van der Waals surface area contributed by atoms with E-state index in [4.69, 9.17) is 10.5 Å². The molecule has 0 saturated heterocycles. The molecular weight excluding hydrogens is 262 g/mol. The highest BCUT2D eigenvalue weighted by molar-refractivity contribution is 5.60. The fourth-order valence-electron chi connectivity index (χ4n) is 1.52. The summed E-state index contributed by atoms with van der Waals surface area (Å²) in [5.74, 6) is 0.250. The first kappa shape index (κ1) is 13.7. The number of nitrogen functional groups attached to an aromatic ring is 1. The Morgan fingerprint density at radius 2 is 2.15 bits per heavy atom. The van der Waals surface area contributed by atoms with Crippen LogP contribution >= 0.6 is 0 Å². The Hall–Kier alpha value is -2.77. The molecule has 0 bridgehead atoms. The molecule has 2 rings (SSSR count). The number of rotatable bonds is 5. The summed E-state index contributed by atoms with van der Waals surface area (Å²) in [6, 6.07) is 6.09. The fourth-order valence-corrected chi connectivity index (χ4v) is 1.52. The molecule has 1 heterocycles. The van der Waals surface area contributed by atoms with Crippen molar-refractivity contribution in [3.8, 4) is 17.4 Å². The van der Waals surface area contributed by atoms with Gasteiger partial charge in [0, 0.05) is 17.7 Å². The summed E-state index contributed by atoms with van der Waals surface area (Å²) in [7, 11) is 0. The first-order valence-corrected chi connectivity index (χ1v) is 5.99. The van der Waals surface area contributed by atoms with E-state index < -0.39 is 4.92 Å². The summed E-state index contributed by atoms with van der Waals surface area (Å²) in [5, 5.41) is 10.8. The average Bonchev–Trinajstić information content (AvgIpc) is 2.44.